The Kier molecular flexibility index (Phi) is 7.07. The fourth-order valence-electron chi connectivity index (χ4n) is 4.06. The Morgan fingerprint density at radius 2 is 1.71 bits per heavy atom. The van der Waals surface area contributed by atoms with Crippen molar-refractivity contribution in [2.24, 2.45) is 0 Å². The highest BCUT2D eigenvalue weighted by Crippen LogP contribution is 2.44. The number of hydrogen-bond donors (Lipinski definition) is 1. The molecule has 3 aromatic rings. The van der Waals surface area contributed by atoms with Gasteiger partial charge in [-0.05, 0) is 61.9 Å². The Labute approximate surface area is 207 Å². The largest absolute Gasteiger partial charge is 0.507 e. The van der Waals surface area contributed by atoms with Crippen molar-refractivity contribution in [1.82, 2.24) is 0 Å². The Hall–Kier alpha value is -3.84. The maximum absolute atomic E-state index is 14.1. The number of rotatable bonds is 7. The highest BCUT2D eigenvalue weighted by atomic mass is 35.5. The smallest absolute Gasteiger partial charge is 0.300 e. The molecule has 4 rings (SSSR count). The van der Waals surface area contributed by atoms with E-state index in [2.05, 4.69) is 0 Å². The molecule has 1 unspecified atom stereocenters. The quantitative estimate of drug-likeness (QED) is 0.251. The van der Waals surface area contributed by atoms with Gasteiger partial charge in [0.1, 0.15) is 23.1 Å². The summed E-state index contributed by atoms with van der Waals surface area (Å²) in [4.78, 5) is 27.7. The summed E-state index contributed by atoms with van der Waals surface area (Å²) in [6.07, 6.45) is 0. The number of carbonyl (C=O) groups excluding carboxylic acids is 2. The molecule has 35 heavy (non-hydrogen) atoms. The standard InChI is InChI=1S/C27H23ClFNO5/c1-3-34-20-12-13-21(22(15-20)35-4-2)25(31)23-24(16-8-10-17(28)11-9-16)30(27(33)26(23)32)19-7-5-6-18(29)14-19/h5-15,24,31H,3-4H2,1-2H3/b25-23-. The van der Waals surface area contributed by atoms with E-state index < -0.39 is 29.3 Å². The van der Waals surface area contributed by atoms with Crippen LogP contribution >= 0.6 is 11.6 Å². The van der Waals surface area contributed by atoms with Crippen molar-refractivity contribution in [3.05, 3.63) is 94.3 Å². The molecular formula is C27H23ClFNO5. The molecule has 1 amide bonds. The Balaban J connectivity index is 1.94. The summed E-state index contributed by atoms with van der Waals surface area (Å²) < 4.78 is 25.3. The number of aliphatic hydroxyl groups excluding tert-OH is 1. The van der Waals surface area contributed by atoms with E-state index >= 15 is 0 Å². The van der Waals surface area contributed by atoms with Gasteiger partial charge in [-0.3, -0.25) is 14.5 Å². The van der Waals surface area contributed by atoms with Crippen LogP contribution in [0, 0.1) is 5.82 Å². The highest BCUT2D eigenvalue weighted by Gasteiger charge is 2.47. The minimum absolute atomic E-state index is 0.147. The first-order valence-electron chi connectivity index (χ1n) is 11.1. The molecule has 1 heterocycles. The predicted molar refractivity (Wildman–Crippen MR) is 131 cm³/mol. The van der Waals surface area contributed by atoms with Gasteiger partial charge in [0.05, 0.1) is 30.4 Å². The third-order valence-corrected chi connectivity index (χ3v) is 5.79. The maximum atomic E-state index is 14.1. The predicted octanol–water partition coefficient (Wildman–Crippen LogP) is 5.90. The molecule has 3 aromatic carbocycles. The molecule has 1 saturated heterocycles. The summed E-state index contributed by atoms with van der Waals surface area (Å²) in [7, 11) is 0. The van der Waals surface area contributed by atoms with Crippen molar-refractivity contribution in [2.45, 2.75) is 19.9 Å². The average molecular weight is 496 g/mol. The molecule has 1 aliphatic heterocycles. The van der Waals surface area contributed by atoms with E-state index in [0.29, 0.717) is 35.3 Å². The van der Waals surface area contributed by atoms with Crippen LogP contribution in [0.15, 0.2) is 72.3 Å². The molecular weight excluding hydrogens is 473 g/mol. The number of hydrogen-bond acceptors (Lipinski definition) is 5. The zero-order valence-electron chi connectivity index (χ0n) is 19.1. The lowest BCUT2D eigenvalue weighted by molar-refractivity contribution is -0.132. The number of halogens is 2. The Morgan fingerprint density at radius 3 is 2.37 bits per heavy atom. The Morgan fingerprint density at radius 1 is 1.00 bits per heavy atom. The molecule has 180 valence electrons. The number of anilines is 1. The summed E-state index contributed by atoms with van der Waals surface area (Å²) in [6, 6.07) is 15.7. The van der Waals surface area contributed by atoms with Crippen LogP contribution in [0.4, 0.5) is 10.1 Å². The Bertz CT molecular complexity index is 1310. The summed E-state index contributed by atoms with van der Waals surface area (Å²) in [5.74, 6) is -1.94. The minimum Gasteiger partial charge on any atom is -0.507 e. The lowest BCUT2D eigenvalue weighted by atomic mass is 9.94. The van der Waals surface area contributed by atoms with E-state index in [4.69, 9.17) is 21.1 Å². The topological polar surface area (TPSA) is 76.1 Å². The normalized spacial score (nSPS) is 17.0. The number of carbonyl (C=O) groups is 2. The second-order valence-electron chi connectivity index (χ2n) is 7.72. The lowest BCUT2D eigenvalue weighted by Gasteiger charge is -2.25. The summed E-state index contributed by atoms with van der Waals surface area (Å²) >= 11 is 6.05. The summed E-state index contributed by atoms with van der Waals surface area (Å²) in [5.41, 5.74) is 0.782. The molecule has 0 saturated carbocycles. The van der Waals surface area contributed by atoms with Crippen LogP contribution in [-0.2, 0) is 9.59 Å². The molecule has 1 atom stereocenters. The minimum atomic E-state index is -1.02. The molecule has 8 heteroatoms. The van der Waals surface area contributed by atoms with Crippen molar-refractivity contribution < 1.29 is 28.6 Å². The zero-order valence-corrected chi connectivity index (χ0v) is 19.9. The van der Waals surface area contributed by atoms with Crippen LogP contribution in [-0.4, -0.2) is 30.0 Å². The molecule has 0 bridgehead atoms. The number of benzene rings is 3. The van der Waals surface area contributed by atoms with E-state index in [1.165, 1.54) is 23.1 Å². The molecule has 1 N–H and O–H groups in total. The number of aliphatic hydroxyl groups is 1. The van der Waals surface area contributed by atoms with Crippen molar-refractivity contribution in [2.75, 3.05) is 18.1 Å². The van der Waals surface area contributed by atoms with E-state index in [1.54, 1.807) is 49.4 Å². The molecule has 0 radical (unpaired) electrons. The third kappa shape index (κ3) is 4.72. The molecule has 1 fully saturated rings. The number of nitrogens with zero attached hydrogens (tertiary/aromatic N) is 1. The van der Waals surface area contributed by atoms with Gasteiger partial charge in [0.2, 0.25) is 0 Å². The van der Waals surface area contributed by atoms with E-state index in [-0.39, 0.29) is 16.8 Å². The van der Waals surface area contributed by atoms with Gasteiger partial charge < -0.3 is 14.6 Å². The SMILES string of the molecule is CCOc1ccc(/C(O)=C2/C(=O)C(=O)N(c3cccc(F)c3)C2c2ccc(Cl)cc2)c(OCC)c1. The monoisotopic (exact) mass is 495 g/mol. The second-order valence-corrected chi connectivity index (χ2v) is 8.16. The number of ether oxygens (including phenoxy) is 2. The first-order valence-corrected chi connectivity index (χ1v) is 11.5. The van der Waals surface area contributed by atoms with E-state index in [0.717, 1.165) is 6.07 Å². The maximum Gasteiger partial charge on any atom is 0.300 e. The number of amides is 1. The van der Waals surface area contributed by atoms with Gasteiger partial charge in [0.15, 0.2) is 0 Å². The lowest BCUT2D eigenvalue weighted by Crippen LogP contribution is -2.29. The molecule has 1 aliphatic rings. The van der Waals surface area contributed by atoms with E-state index in [9.17, 15) is 19.1 Å². The van der Waals surface area contributed by atoms with Crippen molar-refractivity contribution in [1.29, 1.82) is 0 Å². The van der Waals surface area contributed by atoms with Gasteiger partial charge in [0, 0.05) is 16.8 Å². The van der Waals surface area contributed by atoms with Crippen LogP contribution in [0.2, 0.25) is 5.02 Å². The fourth-order valence-corrected chi connectivity index (χ4v) is 4.19. The molecule has 0 aliphatic carbocycles. The summed E-state index contributed by atoms with van der Waals surface area (Å²) in [6.45, 7) is 4.36. The van der Waals surface area contributed by atoms with Gasteiger partial charge in [0.25, 0.3) is 11.7 Å². The van der Waals surface area contributed by atoms with Gasteiger partial charge in [-0.2, -0.15) is 0 Å². The van der Waals surface area contributed by atoms with Crippen LogP contribution < -0.4 is 14.4 Å². The van der Waals surface area contributed by atoms with Gasteiger partial charge in [-0.25, -0.2) is 4.39 Å². The highest BCUT2D eigenvalue weighted by molar-refractivity contribution is 6.51. The summed E-state index contributed by atoms with van der Waals surface area (Å²) in [5, 5.41) is 11.9. The van der Waals surface area contributed by atoms with Gasteiger partial charge in [-0.15, -0.1) is 0 Å². The second kappa shape index (κ2) is 10.2. The molecule has 0 aromatic heterocycles. The zero-order chi connectivity index (χ0) is 25.1. The van der Waals surface area contributed by atoms with Gasteiger partial charge >= 0.3 is 0 Å². The number of ketones is 1. The first kappa shape index (κ1) is 24.3. The van der Waals surface area contributed by atoms with Crippen molar-refractivity contribution in [3.63, 3.8) is 0 Å². The van der Waals surface area contributed by atoms with Gasteiger partial charge in [-0.1, -0.05) is 29.8 Å². The van der Waals surface area contributed by atoms with Crippen LogP contribution in [0.3, 0.4) is 0 Å². The van der Waals surface area contributed by atoms with Crippen LogP contribution in [0.1, 0.15) is 31.0 Å². The van der Waals surface area contributed by atoms with Crippen LogP contribution in [0.5, 0.6) is 11.5 Å². The third-order valence-electron chi connectivity index (χ3n) is 5.54. The molecule has 6 nitrogen and oxygen atoms in total. The van der Waals surface area contributed by atoms with Crippen LogP contribution in [0.25, 0.3) is 5.76 Å². The van der Waals surface area contributed by atoms with Crippen molar-refractivity contribution in [3.8, 4) is 11.5 Å². The average Bonchev–Trinajstić information content (AvgIpc) is 3.10. The van der Waals surface area contributed by atoms with E-state index in [1.807, 2.05) is 6.92 Å². The molecule has 0 spiro atoms. The first-order chi connectivity index (χ1) is 16.8. The van der Waals surface area contributed by atoms with Crippen molar-refractivity contribution >= 4 is 34.7 Å². The number of Topliss-reactive ketones (excluding diaryl/α,β-unsaturated/α-hetero) is 1. The fraction of sp³-hybridized carbons (Fsp3) is 0.185.